The first-order valence-electron chi connectivity index (χ1n) is 5.91. The van der Waals surface area contributed by atoms with Crippen LogP contribution >= 0.6 is 11.8 Å². The van der Waals surface area contributed by atoms with Gasteiger partial charge in [0, 0.05) is 23.0 Å². The van der Waals surface area contributed by atoms with Crippen molar-refractivity contribution < 1.29 is 4.79 Å². The maximum absolute atomic E-state index is 12.1. The van der Waals surface area contributed by atoms with E-state index in [1.807, 2.05) is 24.8 Å². The van der Waals surface area contributed by atoms with E-state index in [0.717, 1.165) is 23.3 Å². The van der Waals surface area contributed by atoms with E-state index >= 15 is 0 Å². The zero-order chi connectivity index (χ0) is 12.3. The highest BCUT2D eigenvalue weighted by molar-refractivity contribution is 7.99. The van der Waals surface area contributed by atoms with Gasteiger partial charge in [-0.05, 0) is 49.3 Å². The van der Waals surface area contributed by atoms with Gasteiger partial charge in [-0.1, -0.05) is 0 Å². The number of benzene rings is 1. The number of hydrogen-bond donors (Lipinski definition) is 2. The van der Waals surface area contributed by atoms with Crippen LogP contribution in [0.3, 0.4) is 0 Å². The van der Waals surface area contributed by atoms with Crippen LogP contribution in [0.25, 0.3) is 0 Å². The zero-order valence-electron chi connectivity index (χ0n) is 10.0. The molecule has 1 amide bonds. The molecule has 1 aromatic rings. The Morgan fingerprint density at radius 1 is 1.53 bits per heavy atom. The van der Waals surface area contributed by atoms with Gasteiger partial charge in [0.15, 0.2) is 0 Å². The molecule has 17 heavy (non-hydrogen) atoms. The largest absolute Gasteiger partial charge is 0.399 e. The zero-order valence-corrected chi connectivity index (χ0v) is 10.8. The Morgan fingerprint density at radius 3 is 3.00 bits per heavy atom. The van der Waals surface area contributed by atoms with Crippen LogP contribution in [0.1, 0.15) is 28.8 Å². The Bertz CT molecular complexity index is 414. The van der Waals surface area contributed by atoms with E-state index in [0.29, 0.717) is 11.7 Å². The van der Waals surface area contributed by atoms with Crippen LogP contribution in [0.15, 0.2) is 18.2 Å². The van der Waals surface area contributed by atoms with E-state index in [9.17, 15) is 4.79 Å². The summed E-state index contributed by atoms with van der Waals surface area (Å²) in [6.45, 7) is 1.92. The summed E-state index contributed by atoms with van der Waals surface area (Å²) in [5, 5.41) is 3.09. The molecule has 4 heteroatoms. The number of nitrogen functional groups attached to an aromatic ring is 1. The summed E-state index contributed by atoms with van der Waals surface area (Å²) in [5.41, 5.74) is 8.05. The van der Waals surface area contributed by atoms with Crippen LogP contribution < -0.4 is 11.1 Å². The molecular formula is C13H18N2OS. The van der Waals surface area contributed by atoms with E-state index < -0.39 is 0 Å². The van der Waals surface area contributed by atoms with Crippen LogP contribution in [0.5, 0.6) is 0 Å². The monoisotopic (exact) mass is 250 g/mol. The highest BCUT2D eigenvalue weighted by Crippen LogP contribution is 2.18. The van der Waals surface area contributed by atoms with E-state index in [4.69, 9.17) is 5.73 Å². The third-order valence-corrected chi connectivity index (χ3v) is 4.21. The predicted molar refractivity (Wildman–Crippen MR) is 73.4 cm³/mol. The van der Waals surface area contributed by atoms with Gasteiger partial charge in [0.1, 0.15) is 0 Å². The first kappa shape index (κ1) is 12.3. The fourth-order valence-corrected chi connectivity index (χ4v) is 3.13. The fourth-order valence-electron chi connectivity index (χ4n) is 2.06. The molecule has 1 atom stereocenters. The number of rotatable bonds is 2. The van der Waals surface area contributed by atoms with E-state index in [-0.39, 0.29) is 5.91 Å². The molecule has 0 radical (unpaired) electrons. The second-order valence-electron chi connectivity index (χ2n) is 4.46. The number of aryl methyl sites for hydroxylation is 1. The number of nitrogens with one attached hydrogen (secondary N) is 1. The molecule has 1 aromatic carbocycles. The van der Waals surface area contributed by atoms with Crippen LogP contribution in [0.4, 0.5) is 5.69 Å². The van der Waals surface area contributed by atoms with Gasteiger partial charge < -0.3 is 11.1 Å². The average molecular weight is 250 g/mol. The summed E-state index contributed by atoms with van der Waals surface area (Å²) in [7, 11) is 0. The fraction of sp³-hybridized carbons (Fsp3) is 0.462. The maximum Gasteiger partial charge on any atom is 0.251 e. The third kappa shape index (κ3) is 3.16. The van der Waals surface area contributed by atoms with Gasteiger partial charge >= 0.3 is 0 Å². The van der Waals surface area contributed by atoms with Gasteiger partial charge in [-0.2, -0.15) is 11.8 Å². The van der Waals surface area contributed by atoms with E-state index in [2.05, 4.69) is 5.32 Å². The number of carbonyl (C=O) groups is 1. The second kappa shape index (κ2) is 5.45. The molecule has 1 aliphatic heterocycles. The number of anilines is 1. The molecule has 0 aromatic heterocycles. The Morgan fingerprint density at radius 2 is 2.35 bits per heavy atom. The molecule has 3 N–H and O–H groups in total. The molecule has 92 valence electrons. The molecule has 3 nitrogen and oxygen atoms in total. The van der Waals surface area contributed by atoms with E-state index in [1.54, 1.807) is 12.1 Å². The van der Waals surface area contributed by atoms with Gasteiger partial charge in [0.05, 0.1) is 0 Å². The number of hydrogen-bond acceptors (Lipinski definition) is 3. The molecule has 0 aliphatic carbocycles. The highest BCUT2D eigenvalue weighted by atomic mass is 32.2. The van der Waals surface area contributed by atoms with Gasteiger partial charge in [-0.25, -0.2) is 0 Å². The van der Waals surface area contributed by atoms with Crippen LogP contribution in [-0.4, -0.2) is 23.5 Å². The SMILES string of the molecule is Cc1cc(N)ccc1C(=O)NC1CCCSC1. The van der Waals surface area contributed by atoms with Gasteiger partial charge in [-0.3, -0.25) is 4.79 Å². The lowest BCUT2D eigenvalue weighted by Crippen LogP contribution is -2.38. The van der Waals surface area contributed by atoms with Gasteiger partial charge in [0.2, 0.25) is 0 Å². The van der Waals surface area contributed by atoms with Crippen molar-refractivity contribution in [2.24, 2.45) is 0 Å². The Balaban J connectivity index is 2.03. The molecule has 1 saturated heterocycles. The smallest absolute Gasteiger partial charge is 0.251 e. The maximum atomic E-state index is 12.1. The topological polar surface area (TPSA) is 55.1 Å². The third-order valence-electron chi connectivity index (χ3n) is 2.99. The minimum absolute atomic E-state index is 0.0231. The summed E-state index contributed by atoms with van der Waals surface area (Å²) >= 11 is 1.91. The summed E-state index contributed by atoms with van der Waals surface area (Å²) in [6, 6.07) is 5.73. The highest BCUT2D eigenvalue weighted by Gasteiger charge is 2.17. The number of amides is 1. The van der Waals surface area contributed by atoms with Gasteiger partial charge in [-0.15, -0.1) is 0 Å². The number of nitrogens with two attached hydrogens (primary N) is 1. The lowest BCUT2D eigenvalue weighted by atomic mass is 10.1. The van der Waals surface area contributed by atoms with Crippen molar-refractivity contribution >= 4 is 23.4 Å². The van der Waals surface area contributed by atoms with E-state index in [1.165, 1.54) is 12.2 Å². The van der Waals surface area contributed by atoms with Crippen molar-refractivity contribution in [3.63, 3.8) is 0 Å². The van der Waals surface area contributed by atoms with Crippen LogP contribution in [-0.2, 0) is 0 Å². The minimum Gasteiger partial charge on any atom is -0.399 e. The molecule has 1 fully saturated rings. The van der Waals surface area contributed by atoms with Crippen molar-refractivity contribution in [2.45, 2.75) is 25.8 Å². The summed E-state index contributed by atoms with van der Waals surface area (Å²) in [4.78, 5) is 12.1. The molecule has 2 rings (SSSR count). The lowest BCUT2D eigenvalue weighted by Gasteiger charge is -2.22. The summed E-state index contributed by atoms with van der Waals surface area (Å²) in [5.74, 6) is 2.27. The molecule has 1 heterocycles. The van der Waals surface area contributed by atoms with Crippen LogP contribution in [0.2, 0.25) is 0 Å². The normalized spacial score (nSPS) is 19.9. The van der Waals surface area contributed by atoms with Crippen molar-refractivity contribution in [3.05, 3.63) is 29.3 Å². The molecule has 0 bridgehead atoms. The Labute approximate surface area is 106 Å². The second-order valence-corrected chi connectivity index (χ2v) is 5.61. The first-order chi connectivity index (χ1) is 8.16. The van der Waals surface area contributed by atoms with Crippen molar-refractivity contribution in [1.29, 1.82) is 0 Å². The van der Waals surface area contributed by atoms with Crippen molar-refractivity contribution in [1.82, 2.24) is 5.32 Å². The Hall–Kier alpha value is -1.16. The summed E-state index contributed by atoms with van der Waals surface area (Å²) < 4.78 is 0. The first-order valence-corrected chi connectivity index (χ1v) is 7.07. The lowest BCUT2D eigenvalue weighted by molar-refractivity contribution is 0.0938. The predicted octanol–water partition coefficient (Wildman–Crippen LogP) is 2.20. The average Bonchev–Trinajstić information content (AvgIpc) is 2.30. The van der Waals surface area contributed by atoms with Crippen LogP contribution in [0, 0.1) is 6.92 Å². The quantitative estimate of drug-likeness (QED) is 0.791. The molecule has 0 saturated carbocycles. The molecule has 1 aliphatic rings. The molecular weight excluding hydrogens is 232 g/mol. The van der Waals surface area contributed by atoms with Crippen molar-refractivity contribution in [3.8, 4) is 0 Å². The summed E-state index contributed by atoms with van der Waals surface area (Å²) in [6.07, 6.45) is 2.28. The Kier molecular flexibility index (Phi) is 3.94. The number of thioether (sulfide) groups is 1. The number of carbonyl (C=O) groups excluding carboxylic acids is 1. The standard InChI is InChI=1S/C13H18N2OS/c1-9-7-10(14)4-5-12(9)13(16)15-11-3-2-6-17-8-11/h4-5,7,11H,2-3,6,8,14H2,1H3,(H,15,16). The molecule has 0 spiro atoms. The minimum atomic E-state index is 0.0231. The van der Waals surface area contributed by atoms with Gasteiger partial charge in [0.25, 0.3) is 5.91 Å². The molecule has 1 unspecified atom stereocenters. The van der Waals surface area contributed by atoms with Crippen molar-refractivity contribution in [2.75, 3.05) is 17.2 Å².